The van der Waals surface area contributed by atoms with Crippen molar-refractivity contribution >= 4 is 11.9 Å². The van der Waals surface area contributed by atoms with Gasteiger partial charge in [0.2, 0.25) is 0 Å². The van der Waals surface area contributed by atoms with Crippen LogP contribution >= 0.6 is 0 Å². The van der Waals surface area contributed by atoms with Gasteiger partial charge in [-0.1, -0.05) is 26.3 Å². The third-order valence-electron chi connectivity index (χ3n) is 3.16. The molecule has 5 heteroatoms. The highest BCUT2D eigenvalue weighted by Crippen LogP contribution is 2.19. The van der Waals surface area contributed by atoms with Crippen LogP contribution in [-0.2, 0) is 4.79 Å². The van der Waals surface area contributed by atoms with E-state index in [2.05, 4.69) is 5.32 Å². The second-order valence-corrected chi connectivity index (χ2v) is 4.70. The highest BCUT2D eigenvalue weighted by molar-refractivity contribution is 5.98. The number of carbonyl (C=O) groups excluding carboxylic acids is 1. The molecule has 0 radical (unpaired) electrons. The van der Waals surface area contributed by atoms with Gasteiger partial charge in [0, 0.05) is 0 Å². The maximum absolute atomic E-state index is 12.0. The van der Waals surface area contributed by atoms with Gasteiger partial charge in [-0.3, -0.25) is 4.79 Å². The van der Waals surface area contributed by atoms with E-state index in [1.807, 2.05) is 6.92 Å². The summed E-state index contributed by atoms with van der Waals surface area (Å²) in [5, 5.41) is 21.3. The maximum atomic E-state index is 12.0. The summed E-state index contributed by atoms with van der Waals surface area (Å²) in [7, 11) is 0. The molecule has 3 N–H and O–H groups in total. The largest absolute Gasteiger partial charge is 0.507 e. The number of amides is 1. The van der Waals surface area contributed by atoms with Crippen LogP contribution in [0.3, 0.4) is 0 Å². The number of carboxylic acids is 1. The van der Waals surface area contributed by atoms with Crippen LogP contribution in [0.4, 0.5) is 0 Å². The molecule has 1 aromatic carbocycles. The summed E-state index contributed by atoms with van der Waals surface area (Å²) in [5.74, 6) is -1.99. The molecule has 0 heterocycles. The first kappa shape index (κ1) is 15.0. The number of rotatable bonds is 5. The molecular formula is C14H19NO4. The van der Waals surface area contributed by atoms with Crippen molar-refractivity contribution in [2.24, 2.45) is 5.92 Å². The first-order valence-electron chi connectivity index (χ1n) is 6.20. The molecule has 0 fully saturated rings. The van der Waals surface area contributed by atoms with E-state index >= 15 is 0 Å². The molecular weight excluding hydrogens is 246 g/mol. The number of phenols is 1. The molecule has 0 aromatic heterocycles. The Balaban J connectivity index is 2.91. The average Bonchev–Trinajstić information content (AvgIpc) is 2.34. The van der Waals surface area contributed by atoms with Gasteiger partial charge in [-0.2, -0.15) is 0 Å². The van der Waals surface area contributed by atoms with E-state index in [-0.39, 0.29) is 17.2 Å². The van der Waals surface area contributed by atoms with Gasteiger partial charge in [-0.25, -0.2) is 4.79 Å². The van der Waals surface area contributed by atoms with Crippen molar-refractivity contribution in [3.63, 3.8) is 0 Å². The summed E-state index contributed by atoms with van der Waals surface area (Å²) in [6, 6.07) is 3.68. The zero-order valence-electron chi connectivity index (χ0n) is 11.3. The number of benzene rings is 1. The Kier molecular flexibility index (Phi) is 4.92. The Labute approximate surface area is 112 Å². The number of nitrogens with one attached hydrogen (secondary N) is 1. The normalized spacial score (nSPS) is 13.6. The van der Waals surface area contributed by atoms with E-state index in [0.717, 1.165) is 5.56 Å². The van der Waals surface area contributed by atoms with E-state index < -0.39 is 17.9 Å². The molecule has 19 heavy (non-hydrogen) atoms. The fourth-order valence-electron chi connectivity index (χ4n) is 1.74. The SMILES string of the molecule is CCC(C)[C@H](NC(=O)c1ccc(C)cc1O)C(=O)O. The number of aliphatic carboxylic acids is 1. The topological polar surface area (TPSA) is 86.6 Å². The second kappa shape index (κ2) is 6.22. The van der Waals surface area contributed by atoms with Crippen molar-refractivity contribution < 1.29 is 19.8 Å². The van der Waals surface area contributed by atoms with Crippen LogP contribution < -0.4 is 5.32 Å². The van der Waals surface area contributed by atoms with Gasteiger partial charge >= 0.3 is 5.97 Å². The predicted molar refractivity (Wildman–Crippen MR) is 71.2 cm³/mol. The number of carboxylic acid groups (broad SMARTS) is 1. The third-order valence-corrected chi connectivity index (χ3v) is 3.16. The number of carbonyl (C=O) groups is 2. The van der Waals surface area contributed by atoms with E-state index in [1.54, 1.807) is 19.9 Å². The Morgan fingerprint density at radius 3 is 2.47 bits per heavy atom. The van der Waals surface area contributed by atoms with Crippen molar-refractivity contribution in [2.75, 3.05) is 0 Å². The molecule has 2 atom stereocenters. The van der Waals surface area contributed by atoms with Crippen molar-refractivity contribution in [3.8, 4) is 5.75 Å². The molecule has 0 aliphatic rings. The molecule has 0 spiro atoms. The summed E-state index contributed by atoms with van der Waals surface area (Å²) < 4.78 is 0. The zero-order chi connectivity index (χ0) is 14.6. The lowest BCUT2D eigenvalue weighted by molar-refractivity contribution is -0.140. The van der Waals surface area contributed by atoms with E-state index in [0.29, 0.717) is 6.42 Å². The number of aromatic hydroxyl groups is 1. The molecule has 1 amide bonds. The first-order valence-corrected chi connectivity index (χ1v) is 6.20. The molecule has 0 aliphatic heterocycles. The number of hydrogen-bond acceptors (Lipinski definition) is 3. The summed E-state index contributed by atoms with van der Waals surface area (Å²) >= 11 is 0. The minimum atomic E-state index is -1.07. The van der Waals surface area contributed by atoms with Crippen LogP contribution in [0.1, 0.15) is 36.2 Å². The zero-order valence-corrected chi connectivity index (χ0v) is 11.3. The minimum Gasteiger partial charge on any atom is -0.507 e. The van der Waals surface area contributed by atoms with E-state index in [4.69, 9.17) is 5.11 Å². The van der Waals surface area contributed by atoms with Crippen LogP contribution in [0.25, 0.3) is 0 Å². The van der Waals surface area contributed by atoms with Gasteiger partial charge in [-0.05, 0) is 30.5 Å². The van der Waals surface area contributed by atoms with Crippen LogP contribution in [0.2, 0.25) is 0 Å². The van der Waals surface area contributed by atoms with Gasteiger partial charge in [0.15, 0.2) is 0 Å². The number of hydrogen-bond donors (Lipinski definition) is 3. The van der Waals surface area contributed by atoms with Crippen LogP contribution in [-0.4, -0.2) is 28.1 Å². The van der Waals surface area contributed by atoms with Crippen molar-refractivity contribution in [2.45, 2.75) is 33.2 Å². The van der Waals surface area contributed by atoms with E-state index in [9.17, 15) is 14.7 Å². The highest BCUT2D eigenvalue weighted by atomic mass is 16.4. The summed E-state index contributed by atoms with van der Waals surface area (Å²) in [5.41, 5.74) is 0.908. The maximum Gasteiger partial charge on any atom is 0.326 e. The van der Waals surface area contributed by atoms with Crippen LogP contribution in [0.5, 0.6) is 5.75 Å². The Hall–Kier alpha value is -2.04. The van der Waals surface area contributed by atoms with Crippen molar-refractivity contribution in [3.05, 3.63) is 29.3 Å². The Morgan fingerprint density at radius 1 is 1.37 bits per heavy atom. The molecule has 0 saturated heterocycles. The summed E-state index contributed by atoms with van der Waals surface area (Å²) in [6.07, 6.45) is 0.636. The molecule has 104 valence electrons. The third kappa shape index (κ3) is 3.71. The molecule has 1 rings (SSSR count). The van der Waals surface area contributed by atoms with Crippen molar-refractivity contribution in [1.29, 1.82) is 0 Å². The molecule has 0 aliphatic carbocycles. The van der Waals surface area contributed by atoms with Gasteiger partial charge < -0.3 is 15.5 Å². The number of phenolic OH excluding ortho intramolecular Hbond substituents is 1. The Morgan fingerprint density at radius 2 is 2.00 bits per heavy atom. The highest BCUT2D eigenvalue weighted by Gasteiger charge is 2.26. The smallest absolute Gasteiger partial charge is 0.326 e. The lowest BCUT2D eigenvalue weighted by Gasteiger charge is -2.20. The number of aryl methyl sites for hydroxylation is 1. The predicted octanol–water partition coefficient (Wildman–Crippen LogP) is 1.93. The lowest BCUT2D eigenvalue weighted by Crippen LogP contribution is -2.45. The van der Waals surface area contributed by atoms with Crippen LogP contribution in [0, 0.1) is 12.8 Å². The van der Waals surface area contributed by atoms with Gasteiger partial charge in [0.1, 0.15) is 11.8 Å². The molecule has 0 saturated carbocycles. The lowest BCUT2D eigenvalue weighted by atomic mass is 9.98. The summed E-state index contributed by atoms with van der Waals surface area (Å²) in [4.78, 5) is 23.1. The quantitative estimate of drug-likeness (QED) is 0.759. The van der Waals surface area contributed by atoms with E-state index in [1.165, 1.54) is 12.1 Å². The van der Waals surface area contributed by atoms with Crippen molar-refractivity contribution in [1.82, 2.24) is 5.32 Å². The van der Waals surface area contributed by atoms with Crippen LogP contribution in [0.15, 0.2) is 18.2 Å². The fourth-order valence-corrected chi connectivity index (χ4v) is 1.74. The fraction of sp³-hybridized carbons (Fsp3) is 0.429. The Bertz CT molecular complexity index is 484. The average molecular weight is 265 g/mol. The second-order valence-electron chi connectivity index (χ2n) is 4.70. The molecule has 5 nitrogen and oxygen atoms in total. The first-order chi connectivity index (χ1) is 8.86. The summed E-state index contributed by atoms with van der Waals surface area (Å²) in [6.45, 7) is 5.41. The van der Waals surface area contributed by atoms with Gasteiger partial charge in [-0.15, -0.1) is 0 Å². The molecule has 0 bridgehead atoms. The molecule has 1 aromatic rings. The minimum absolute atomic E-state index is 0.0835. The monoisotopic (exact) mass is 265 g/mol. The van der Waals surface area contributed by atoms with Gasteiger partial charge in [0.25, 0.3) is 5.91 Å². The standard InChI is InChI=1S/C14H19NO4/c1-4-9(3)12(14(18)19)15-13(17)10-6-5-8(2)7-11(10)16/h5-7,9,12,16H,4H2,1-3H3,(H,15,17)(H,18,19)/t9?,12-/m0/s1. The van der Waals surface area contributed by atoms with Gasteiger partial charge in [0.05, 0.1) is 5.56 Å². The molecule has 1 unspecified atom stereocenters.